The monoisotopic (exact) mass is 710 g/mol. The van der Waals surface area contributed by atoms with Crippen LogP contribution in [-0.2, 0) is 19.1 Å². The molecule has 6 heteroatoms. The van der Waals surface area contributed by atoms with E-state index < -0.39 is 0 Å². The summed E-state index contributed by atoms with van der Waals surface area (Å²) in [4.78, 5) is 28.1. The molecule has 2 atom stereocenters. The molecule has 0 saturated carbocycles. The first-order valence-electron chi connectivity index (χ1n) is 22.2. The van der Waals surface area contributed by atoms with Gasteiger partial charge in [0.05, 0.1) is 19.1 Å². The van der Waals surface area contributed by atoms with E-state index in [2.05, 4.69) is 32.6 Å². The number of hydrogen-bond donors (Lipinski definition) is 1. The number of aliphatic hydroxyl groups is 1. The van der Waals surface area contributed by atoms with Gasteiger partial charge in [0.15, 0.2) is 0 Å². The Morgan fingerprint density at radius 2 is 0.880 bits per heavy atom. The van der Waals surface area contributed by atoms with Crippen molar-refractivity contribution in [2.24, 2.45) is 11.8 Å². The van der Waals surface area contributed by atoms with Gasteiger partial charge >= 0.3 is 11.9 Å². The Morgan fingerprint density at radius 1 is 0.480 bits per heavy atom. The highest BCUT2D eigenvalue weighted by molar-refractivity contribution is 5.72. The average Bonchev–Trinajstić information content (AvgIpc) is 3.11. The van der Waals surface area contributed by atoms with Crippen LogP contribution in [0.4, 0.5) is 0 Å². The summed E-state index contributed by atoms with van der Waals surface area (Å²) >= 11 is 0. The molecule has 0 spiro atoms. The van der Waals surface area contributed by atoms with Gasteiger partial charge in [0, 0.05) is 19.6 Å². The fourth-order valence-electron chi connectivity index (χ4n) is 7.07. The zero-order valence-corrected chi connectivity index (χ0v) is 34.1. The maximum Gasteiger partial charge on any atom is 0.308 e. The third-order valence-electron chi connectivity index (χ3n) is 10.4. The van der Waals surface area contributed by atoms with Crippen LogP contribution >= 0.6 is 0 Å². The third kappa shape index (κ3) is 32.7. The van der Waals surface area contributed by atoms with Crippen molar-refractivity contribution in [1.82, 2.24) is 4.90 Å². The van der Waals surface area contributed by atoms with Gasteiger partial charge in [0.2, 0.25) is 0 Å². The van der Waals surface area contributed by atoms with Crippen LogP contribution in [0, 0.1) is 11.8 Å². The Labute approximate surface area is 312 Å². The van der Waals surface area contributed by atoms with Crippen molar-refractivity contribution in [3.8, 4) is 0 Å². The van der Waals surface area contributed by atoms with Gasteiger partial charge in [-0.3, -0.25) is 9.59 Å². The Balaban J connectivity index is 4.44. The molecule has 0 aromatic carbocycles. The molecule has 1 N–H and O–H groups in total. The summed E-state index contributed by atoms with van der Waals surface area (Å²) in [5.41, 5.74) is 0. The number of esters is 2. The molecule has 298 valence electrons. The normalized spacial score (nSPS) is 12.8. The molecule has 0 amide bonds. The lowest BCUT2D eigenvalue weighted by molar-refractivity contribution is -0.149. The van der Waals surface area contributed by atoms with E-state index in [4.69, 9.17) is 9.47 Å². The summed E-state index contributed by atoms with van der Waals surface area (Å²) < 4.78 is 11.5. The number of carbonyl (C=O) groups is 2. The zero-order chi connectivity index (χ0) is 36.8. The molecule has 0 aliphatic heterocycles. The summed E-state index contributed by atoms with van der Waals surface area (Å²) in [5, 5.41) is 9.43. The van der Waals surface area contributed by atoms with Crippen LogP contribution in [0.3, 0.4) is 0 Å². The van der Waals surface area contributed by atoms with Crippen molar-refractivity contribution in [1.29, 1.82) is 0 Å². The lowest BCUT2D eigenvalue weighted by Crippen LogP contribution is -2.28. The van der Waals surface area contributed by atoms with E-state index in [1.807, 2.05) is 0 Å². The molecule has 0 fully saturated rings. The molecule has 0 radical (unpaired) electrons. The lowest BCUT2D eigenvalue weighted by atomic mass is 9.91. The fourth-order valence-corrected chi connectivity index (χ4v) is 7.07. The Hall–Kier alpha value is -1.14. The second-order valence-electron chi connectivity index (χ2n) is 15.3. The number of nitrogens with zero attached hydrogens (tertiary/aromatic N) is 1. The van der Waals surface area contributed by atoms with Gasteiger partial charge in [0.25, 0.3) is 0 Å². The zero-order valence-electron chi connectivity index (χ0n) is 34.1. The van der Waals surface area contributed by atoms with E-state index in [1.165, 1.54) is 116 Å². The number of carbonyl (C=O) groups excluding carboxylic acids is 2. The van der Waals surface area contributed by atoms with E-state index in [1.54, 1.807) is 0 Å². The van der Waals surface area contributed by atoms with Gasteiger partial charge in [0.1, 0.15) is 0 Å². The summed E-state index contributed by atoms with van der Waals surface area (Å²) in [6.45, 7) is 12.9. The van der Waals surface area contributed by atoms with Crippen molar-refractivity contribution >= 4 is 11.9 Å². The quantitative estimate of drug-likeness (QED) is 0.0504. The molecule has 0 heterocycles. The second-order valence-corrected chi connectivity index (χ2v) is 15.3. The van der Waals surface area contributed by atoms with E-state index in [0.29, 0.717) is 25.6 Å². The van der Waals surface area contributed by atoms with Gasteiger partial charge < -0.3 is 19.5 Å². The predicted octanol–water partition coefficient (Wildman–Crippen LogP) is 12.4. The van der Waals surface area contributed by atoms with Crippen molar-refractivity contribution in [3.05, 3.63) is 0 Å². The maximum absolute atomic E-state index is 13.0. The van der Waals surface area contributed by atoms with Gasteiger partial charge in [-0.2, -0.15) is 0 Å². The van der Waals surface area contributed by atoms with Crippen LogP contribution in [0.1, 0.15) is 220 Å². The largest absolute Gasteiger partial charge is 0.466 e. The minimum absolute atomic E-state index is 0.0154. The molecule has 0 aromatic heterocycles. The molecule has 50 heavy (non-hydrogen) atoms. The first kappa shape index (κ1) is 48.9. The first-order chi connectivity index (χ1) is 24.5. The molecule has 2 unspecified atom stereocenters. The Morgan fingerprint density at radius 3 is 1.36 bits per heavy atom. The van der Waals surface area contributed by atoms with E-state index in [9.17, 15) is 14.7 Å². The summed E-state index contributed by atoms with van der Waals surface area (Å²) in [7, 11) is 0. The molecular formula is C44H87NO5. The predicted molar refractivity (Wildman–Crippen MR) is 214 cm³/mol. The molecule has 6 nitrogen and oxygen atoms in total. The third-order valence-corrected chi connectivity index (χ3v) is 10.4. The molecule has 0 rings (SSSR count). The van der Waals surface area contributed by atoms with Crippen LogP contribution in [-0.4, -0.2) is 61.4 Å². The highest BCUT2D eigenvalue weighted by Crippen LogP contribution is 2.23. The van der Waals surface area contributed by atoms with Crippen LogP contribution in [0.15, 0.2) is 0 Å². The molecule has 0 aromatic rings. The Bertz CT molecular complexity index is 717. The fraction of sp³-hybridized carbons (Fsp3) is 0.955. The minimum atomic E-state index is -0.0154. The average molecular weight is 710 g/mol. The van der Waals surface area contributed by atoms with E-state index in [-0.39, 0.29) is 24.5 Å². The van der Waals surface area contributed by atoms with Gasteiger partial charge in [-0.15, -0.1) is 0 Å². The summed E-state index contributed by atoms with van der Waals surface area (Å²) in [6.07, 6.45) is 34.5. The van der Waals surface area contributed by atoms with Crippen molar-refractivity contribution in [3.63, 3.8) is 0 Å². The van der Waals surface area contributed by atoms with Crippen molar-refractivity contribution < 1.29 is 24.2 Å². The van der Waals surface area contributed by atoms with Crippen molar-refractivity contribution in [2.45, 2.75) is 220 Å². The number of unbranched alkanes of at least 4 members (excludes halogenated alkanes) is 18. The van der Waals surface area contributed by atoms with E-state index in [0.717, 1.165) is 90.3 Å². The SMILES string of the molecule is CCCCCCCCC(CCCCCC)CC(=O)OCCCCN(CCCO)CCCCOC(=O)C(CCCCCC)CCCCCCCC. The van der Waals surface area contributed by atoms with Crippen LogP contribution in [0.5, 0.6) is 0 Å². The summed E-state index contributed by atoms with van der Waals surface area (Å²) in [5.74, 6) is 0.534. The maximum atomic E-state index is 13.0. The topological polar surface area (TPSA) is 76.1 Å². The van der Waals surface area contributed by atoms with Crippen LogP contribution in [0.25, 0.3) is 0 Å². The Kier molecular flexibility index (Phi) is 38.2. The molecular weight excluding hydrogens is 622 g/mol. The molecule has 0 aliphatic carbocycles. The molecule has 0 bridgehead atoms. The standard InChI is InChI=1S/C44H87NO5/c1-5-9-13-17-19-22-31-41(30-21-15-11-7-3)40-43(47)49-38-27-25-34-45(36-29-37-46)35-26-28-39-50-44(48)42(32-23-16-12-8-4)33-24-20-18-14-10-6-2/h41-42,46H,5-40H2,1-4H3. The highest BCUT2D eigenvalue weighted by atomic mass is 16.5. The van der Waals surface area contributed by atoms with Crippen LogP contribution < -0.4 is 0 Å². The number of ether oxygens (including phenoxy) is 2. The van der Waals surface area contributed by atoms with Gasteiger partial charge in [-0.05, 0) is 76.8 Å². The van der Waals surface area contributed by atoms with E-state index >= 15 is 0 Å². The van der Waals surface area contributed by atoms with Gasteiger partial charge in [-0.1, -0.05) is 156 Å². The van der Waals surface area contributed by atoms with Gasteiger partial charge in [-0.25, -0.2) is 0 Å². The minimum Gasteiger partial charge on any atom is -0.466 e. The first-order valence-corrected chi connectivity index (χ1v) is 22.2. The lowest BCUT2D eigenvalue weighted by Gasteiger charge is -2.22. The van der Waals surface area contributed by atoms with Crippen LogP contribution in [0.2, 0.25) is 0 Å². The smallest absolute Gasteiger partial charge is 0.308 e. The highest BCUT2D eigenvalue weighted by Gasteiger charge is 2.19. The molecule has 0 saturated heterocycles. The summed E-state index contributed by atoms with van der Waals surface area (Å²) in [6, 6.07) is 0. The molecule has 0 aliphatic rings. The van der Waals surface area contributed by atoms with Crippen molar-refractivity contribution in [2.75, 3.05) is 39.5 Å². The number of aliphatic hydroxyl groups excluding tert-OH is 1. The number of rotatable bonds is 40. The number of hydrogen-bond acceptors (Lipinski definition) is 6. The second kappa shape index (κ2) is 39.1.